The SMILES string of the molecule is COC(=O)COc1ccc(C=NNC(=O)C(C)NC(=O)c2ccc(OC)cc2)cc1Br. The van der Waals surface area contributed by atoms with Crippen molar-refractivity contribution in [3.8, 4) is 11.5 Å². The van der Waals surface area contributed by atoms with E-state index in [1.165, 1.54) is 20.4 Å². The van der Waals surface area contributed by atoms with Gasteiger partial charge in [-0.05, 0) is 70.9 Å². The summed E-state index contributed by atoms with van der Waals surface area (Å²) in [7, 11) is 2.81. The van der Waals surface area contributed by atoms with E-state index in [0.717, 1.165) is 0 Å². The van der Waals surface area contributed by atoms with Crippen LogP contribution in [-0.2, 0) is 14.3 Å². The smallest absolute Gasteiger partial charge is 0.343 e. The standard InChI is InChI=1S/C21H22BrN3O6/c1-13(24-21(28)15-5-7-16(29-2)8-6-15)20(27)25-23-11-14-4-9-18(17(22)10-14)31-12-19(26)30-3/h4-11,13H,12H2,1-3H3,(H,24,28)(H,25,27). The van der Waals surface area contributed by atoms with E-state index < -0.39 is 17.9 Å². The number of ether oxygens (including phenoxy) is 3. The lowest BCUT2D eigenvalue weighted by Gasteiger charge is -2.12. The maximum atomic E-state index is 12.2. The molecule has 0 radical (unpaired) electrons. The van der Waals surface area contributed by atoms with Crippen molar-refractivity contribution in [1.29, 1.82) is 0 Å². The normalized spacial score (nSPS) is 11.5. The molecule has 0 aliphatic heterocycles. The zero-order valence-corrected chi connectivity index (χ0v) is 18.8. The van der Waals surface area contributed by atoms with E-state index in [4.69, 9.17) is 9.47 Å². The fraction of sp³-hybridized carbons (Fsp3) is 0.238. The van der Waals surface area contributed by atoms with E-state index in [1.54, 1.807) is 49.4 Å². The van der Waals surface area contributed by atoms with Crippen molar-refractivity contribution in [1.82, 2.24) is 10.7 Å². The number of carbonyl (C=O) groups is 3. The number of carbonyl (C=O) groups excluding carboxylic acids is 3. The van der Waals surface area contributed by atoms with Gasteiger partial charge in [-0.2, -0.15) is 5.10 Å². The van der Waals surface area contributed by atoms with E-state index in [9.17, 15) is 14.4 Å². The van der Waals surface area contributed by atoms with Gasteiger partial charge in [-0.25, -0.2) is 10.2 Å². The number of nitrogens with zero attached hydrogens (tertiary/aromatic N) is 1. The van der Waals surface area contributed by atoms with Crippen LogP contribution in [0.15, 0.2) is 52.0 Å². The van der Waals surface area contributed by atoms with Crippen molar-refractivity contribution in [2.24, 2.45) is 5.10 Å². The zero-order valence-electron chi connectivity index (χ0n) is 17.2. The first kappa shape index (κ1) is 23.9. The quantitative estimate of drug-likeness (QED) is 0.315. The Morgan fingerprint density at radius 3 is 2.45 bits per heavy atom. The Labute approximate surface area is 187 Å². The number of esters is 1. The Morgan fingerprint density at radius 2 is 1.84 bits per heavy atom. The topological polar surface area (TPSA) is 115 Å². The molecule has 0 saturated carbocycles. The van der Waals surface area contributed by atoms with Gasteiger partial charge in [0.15, 0.2) is 6.61 Å². The molecule has 2 rings (SSSR count). The van der Waals surface area contributed by atoms with Crippen molar-refractivity contribution >= 4 is 39.9 Å². The van der Waals surface area contributed by atoms with E-state index >= 15 is 0 Å². The Morgan fingerprint density at radius 1 is 1.13 bits per heavy atom. The summed E-state index contributed by atoms with van der Waals surface area (Å²) in [5.41, 5.74) is 3.46. The van der Waals surface area contributed by atoms with Gasteiger partial charge < -0.3 is 19.5 Å². The molecule has 1 unspecified atom stereocenters. The van der Waals surface area contributed by atoms with Crippen molar-refractivity contribution in [3.63, 3.8) is 0 Å². The average Bonchev–Trinajstić information content (AvgIpc) is 2.78. The summed E-state index contributed by atoms with van der Waals surface area (Å²) in [5.74, 6) is -0.266. The number of hydrogen-bond donors (Lipinski definition) is 2. The predicted octanol–water partition coefficient (Wildman–Crippen LogP) is 2.28. The van der Waals surface area contributed by atoms with Gasteiger partial charge >= 0.3 is 5.97 Å². The van der Waals surface area contributed by atoms with Crippen LogP contribution < -0.4 is 20.2 Å². The van der Waals surface area contributed by atoms with Gasteiger partial charge in [-0.1, -0.05) is 0 Å². The van der Waals surface area contributed by atoms with E-state index in [1.807, 2.05) is 0 Å². The summed E-state index contributed by atoms with van der Waals surface area (Å²) < 4.78 is 15.5. The number of benzene rings is 2. The molecule has 2 aromatic rings. The van der Waals surface area contributed by atoms with Crippen molar-refractivity contribution in [2.75, 3.05) is 20.8 Å². The molecule has 164 valence electrons. The predicted molar refractivity (Wildman–Crippen MR) is 117 cm³/mol. The first-order valence-electron chi connectivity index (χ1n) is 9.11. The molecule has 0 aliphatic carbocycles. The monoisotopic (exact) mass is 491 g/mol. The highest BCUT2D eigenvalue weighted by atomic mass is 79.9. The second-order valence-corrected chi connectivity index (χ2v) is 7.07. The molecule has 0 aliphatic rings. The Hall–Kier alpha value is -3.40. The van der Waals surface area contributed by atoms with Gasteiger partial charge in [0.05, 0.1) is 24.9 Å². The maximum Gasteiger partial charge on any atom is 0.343 e. The van der Waals surface area contributed by atoms with Crippen LogP contribution in [0.2, 0.25) is 0 Å². The lowest BCUT2D eigenvalue weighted by Crippen LogP contribution is -2.43. The summed E-state index contributed by atoms with van der Waals surface area (Å²) in [6.45, 7) is 1.34. The van der Waals surface area contributed by atoms with Gasteiger partial charge in [-0.15, -0.1) is 0 Å². The molecule has 2 N–H and O–H groups in total. The van der Waals surface area contributed by atoms with Crippen LogP contribution in [-0.4, -0.2) is 50.9 Å². The summed E-state index contributed by atoms with van der Waals surface area (Å²) in [5, 5.41) is 6.49. The third-order valence-corrected chi connectivity index (χ3v) is 4.63. The number of rotatable bonds is 9. The molecule has 2 aromatic carbocycles. The van der Waals surface area contributed by atoms with Gasteiger partial charge in [-0.3, -0.25) is 9.59 Å². The van der Waals surface area contributed by atoms with Crippen LogP contribution >= 0.6 is 15.9 Å². The van der Waals surface area contributed by atoms with E-state index in [0.29, 0.717) is 27.1 Å². The summed E-state index contributed by atoms with van der Waals surface area (Å²) in [4.78, 5) is 35.5. The van der Waals surface area contributed by atoms with Crippen molar-refractivity contribution < 1.29 is 28.6 Å². The van der Waals surface area contributed by atoms with Crippen LogP contribution in [0.3, 0.4) is 0 Å². The fourth-order valence-electron chi connectivity index (χ4n) is 2.27. The van der Waals surface area contributed by atoms with E-state index in [2.05, 4.69) is 36.5 Å². The number of halogens is 1. The molecule has 0 bridgehead atoms. The average molecular weight is 492 g/mol. The fourth-order valence-corrected chi connectivity index (χ4v) is 2.78. The van der Waals surface area contributed by atoms with E-state index in [-0.39, 0.29) is 12.5 Å². The zero-order chi connectivity index (χ0) is 22.8. The van der Waals surface area contributed by atoms with Crippen LogP contribution in [0, 0.1) is 0 Å². The number of nitrogens with one attached hydrogen (secondary N) is 2. The molecule has 0 aromatic heterocycles. The van der Waals surface area contributed by atoms with Gasteiger partial charge in [0.25, 0.3) is 11.8 Å². The number of hydrazone groups is 1. The maximum absolute atomic E-state index is 12.2. The van der Waals surface area contributed by atoms with Crippen LogP contribution in [0.5, 0.6) is 11.5 Å². The van der Waals surface area contributed by atoms with Crippen molar-refractivity contribution in [2.45, 2.75) is 13.0 Å². The molecule has 2 amide bonds. The Kier molecular flexibility index (Phi) is 9.01. The second-order valence-electron chi connectivity index (χ2n) is 6.21. The molecular weight excluding hydrogens is 470 g/mol. The minimum atomic E-state index is -0.799. The molecule has 0 fully saturated rings. The molecule has 1 atom stereocenters. The lowest BCUT2D eigenvalue weighted by molar-refractivity contribution is -0.142. The third-order valence-electron chi connectivity index (χ3n) is 4.01. The van der Waals surface area contributed by atoms with Gasteiger partial charge in [0.1, 0.15) is 17.5 Å². The Balaban J connectivity index is 1.86. The van der Waals surface area contributed by atoms with Crippen molar-refractivity contribution in [3.05, 3.63) is 58.1 Å². The van der Waals surface area contributed by atoms with Gasteiger partial charge in [0.2, 0.25) is 0 Å². The third kappa shape index (κ3) is 7.41. The number of hydrogen-bond acceptors (Lipinski definition) is 7. The highest BCUT2D eigenvalue weighted by Gasteiger charge is 2.16. The second kappa shape index (κ2) is 11.7. The highest BCUT2D eigenvalue weighted by Crippen LogP contribution is 2.25. The minimum Gasteiger partial charge on any atom is -0.497 e. The molecule has 0 spiro atoms. The first-order valence-corrected chi connectivity index (χ1v) is 9.90. The number of amides is 2. The summed E-state index contributed by atoms with van der Waals surface area (Å²) >= 11 is 3.34. The molecular formula is C21H22BrN3O6. The summed E-state index contributed by atoms with van der Waals surface area (Å²) in [6.07, 6.45) is 1.44. The largest absolute Gasteiger partial charge is 0.497 e. The van der Waals surface area contributed by atoms with Crippen LogP contribution in [0.1, 0.15) is 22.8 Å². The molecule has 0 saturated heterocycles. The molecule has 10 heteroatoms. The molecule has 0 heterocycles. The van der Waals surface area contributed by atoms with Gasteiger partial charge in [0, 0.05) is 5.56 Å². The highest BCUT2D eigenvalue weighted by molar-refractivity contribution is 9.10. The molecule has 9 nitrogen and oxygen atoms in total. The number of methoxy groups -OCH3 is 2. The first-order chi connectivity index (χ1) is 14.8. The lowest BCUT2D eigenvalue weighted by atomic mass is 10.2. The Bertz CT molecular complexity index is 962. The van der Waals surface area contributed by atoms with Crippen LogP contribution in [0.4, 0.5) is 0 Å². The minimum absolute atomic E-state index is 0.210. The van der Waals surface area contributed by atoms with Crippen LogP contribution in [0.25, 0.3) is 0 Å². The molecule has 31 heavy (non-hydrogen) atoms. The summed E-state index contributed by atoms with van der Waals surface area (Å²) in [6, 6.07) is 10.8.